The van der Waals surface area contributed by atoms with E-state index < -0.39 is 0 Å². The van der Waals surface area contributed by atoms with Gasteiger partial charge in [0.05, 0.1) is 6.10 Å². The molecule has 3 rings (SSSR count). The van der Waals surface area contributed by atoms with E-state index in [1.807, 2.05) is 7.05 Å². The van der Waals surface area contributed by atoms with Gasteiger partial charge in [-0.1, -0.05) is 0 Å². The van der Waals surface area contributed by atoms with E-state index in [1.165, 1.54) is 32.4 Å². The minimum atomic E-state index is 0. The van der Waals surface area contributed by atoms with Gasteiger partial charge in [-0.3, -0.25) is 9.89 Å². The van der Waals surface area contributed by atoms with Crippen LogP contribution in [0.4, 0.5) is 0 Å². The molecule has 3 saturated heterocycles. The van der Waals surface area contributed by atoms with Gasteiger partial charge in [-0.2, -0.15) is 0 Å². The summed E-state index contributed by atoms with van der Waals surface area (Å²) in [7, 11) is 1.89. The number of guanidine groups is 1. The van der Waals surface area contributed by atoms with E-state index in [0.29, 0.717) is 6.10 Å². The lowest BCUT2D eigenvalue weighted by molar-refractivity contribution is -0.0320. The van der Waals surface area contributed by atoms with Gasteiger partial charge in [-0.25, -0.2) is 0 Å². The first-order chi connectivity index (χ1) is 11.9. The molecule has 1 atom stereocenters. The van der Waals surface area contributed by atoms with Gasteiger partial charge >= 0.3 is 0 Å². The molecular formula is C18H35IN4O2. The zero-order valence-corrected chi connectivity index (χ0v) is 18.0. The predicted molar refractivity (Wildman–Crippen MR) is 112 cm³/mol. The van der Waals surface area contributed by atoms with Gasteiger partial charge in [0, 0.05) is 52.5 Å². The van der Waals surface area contributed by atoms with Gasteiger partial charge in [-0.15, -0.1) is 24.0 Å². The molecule has 3 aliphatic rings. The Morgan fingerprint density at radius 1 is 1.16 bits per heavy atom. The first kappa shape index (κ1) is 21.2. The Bertz CT molecular complexity index is 399. The van der Waals surface area contributed by atoms with Crippen LogP contribution < -0.4 is 5.32 Å². The van der Waals surface area contributed by atoms with E-state index in [4.69, 9.17) is 9.47 Å². The lowest BCUT2D eigenvalue weighted by Gasteiger charge is -2.25. The maximum atomic E-state index is 5.93. The minimum absolute atomic E-state index is 0. The van der Waals surface area contributed by atoms with Crippen molar-refractivity contribution in [2.24, 2.45) is 4.99 Å². The average molecular weight is 466 g/mol. The molecule has 25 heavy (non-hydrogen) atoms. The molecule has 0 bridgehead atoms. The smallest absolute Gasteiger partial charge is 0.193 e. The van der Waals surface area contributed by atoms with E-state index in [0.717, 1.165) is 70.7 Å². The number of halogens is 1. The van der Waals surface area contributed by atoms with Crippen molar-refractivity contribution in [2.45, 2.75) is 50.7 Å². The van der Waals surface area contributed by atoms with Gasteiger partial charge in [0.2, 0.25) is 0 Å². The standard InChI is InChI=1S/C18H34N4O2.HI/c1-19-18(20-8-4-12-24-17-6-13-23-14-7-17)22-11-5-16(15-22)21-9-2-3-10-21;/h16-17H,2-15H2,1H3,(H,19,20);1H. The normalized spacial score (nSPS) is 26.0. The summed E-state index contributed by atoms with van der Waals surface area (Å²) in [4.78, 5) is 9.55. The third-order valence-corrected chi connectivity index (χ3v) is 5.46. The quantitative estimate of drug-likeness (QED) is 0.281. The van der Waals surface area contributed by atoms with Crippen LogP contribution in [-0.4, -0.2) is 87.5 Å². The Labute approximate surface area is 169 Å². The number of nitrogens with one attached hydrogen (secondary N) is 1. The molecule has 0 aliphatic carbocycles. The van der Waals surface area contributed by atoms with Crippen LogP contribution in [0.3, 0.4) is 0 Å². The van der Waals surface area contributed by atoms with Gasteiger partial charge in [0.1, 0.15) is 0 Å². The summed E-state index contributed by atoms with van der Waals surface area (Å²) in [5.74, 6) is 1.06. The molecule has 6 nitrogen and oxygen atoms in total. The van der Waals surface area contributed by atoms with Crippen LogP contribution in [0.2, 0.25) is 0 Å². The highest BCUT2D eigenvalue weighted by molar-refractivity contribution is 14.0. The van der Waals surface area contributed by atoms with Crippen LogP contribution >= 0.6 is 24.0 Å². The van der Waals surface area contributed by atoms with Crippen LogP contribution in [0.5, 0.6) is 0 Å². The van der Waals surface area contributed by atoms with Gasteiger partial charge < -0.3 is 19.7 Å². The predicted octanol–water partition coefficient (Wildman–Crippen LogP) is 1.94. The number of hydrogen-bond acceptors (Lipinski definition) is 4. The fraction of sp³-hybridized carbons (Fsp3) is 0.944. The summed E-state index contributed by atoms with van der Waals surface area (Å²) in [6.07, 6.45) is 7.53. The number of hydrogen-bond donors (Lipinski definition) is 1. The zero-order valence-electron chi connectivity index (χ0n) is 15.6. The zero-order chi connectivity index (χ0) is 16.6. The number of aliphatic imine (C=N–C) groups is 1. The summed E-state index contributed by atoms with van der Waals surface area (Å²) in [5.41, 5.74) is 0. The van der Waals surface area contributed by atoms with Crippen LogP contribution in [0.25, 0.3) is 0 Å². The lowest BCUT2D eigenvalue weighted by Crippen LogP contribution is -2.43. The first-order valence-corrected chi connectivity index (χ1v) is 9.76. The molecule has 7 heteroatoms. The molecule has 3 heterocycles. The van der Waals surface area contributed by atoms with E-state index in [9.17, 15) is 0 Å². The van der Waals surface area contributed by atoms with E-state index in [2.05, 4.69) is 20.1 Å². The van der Waals surface area contributed by atoms with Crippen molar-refractivity contribution in [1.29, 1.82) is 0 Å². The van der Waals surface area contributed by atoms with Crippen molar-refractivity contribution in [3.8, 4) is 0 Å². The van der Waals surface area contributed by atoms with E-state index >= 15 is 0 Å². The first-order valence-electron chi connectivity index (χ1n) is 9.76. The van der Waals surface area contributed by atoms with E-state index in [1.54, 1.807) is 0 Å². The SMILES string of the molecule is CN=C(NCCCOC1CCOCC1)N1CCC(N2CCCC2)C1.I. The molecular weight excluding hydrogens is 431 g/mol. The van der Waals surface area contributed by atoms with Crippen molar-refractivity contribution in [3.05, 3.63) is 0 Å². The average Bonchev–Trinajstić information content (AvgIpc) is 3.30. The molecule has 0 radical (unpaired) electrons. The molecule has 0 aromatic rings. The van der Waals surface area contributed by atoms with Crippen molar-refractivity contribution in [2.75, 3.05) is 59.6 Å². The molecule has 1 N–H and O–H groups in total. The summed E-state index contributed by atoms with van der Waals surface area (Å²) in [6.45, 7) is 8.27. The van der Waals surface area contributed by atoms with Crippen molar-refractivity contribution < 1.29 is 9.47 Å². The Morgan fingerprint density at radius 2 is 1.92 bits per heavy atom. The topological polar surface area (TPSA) is 49.3 Å². The number of ether oxygens (including phenoxy) is 2. The van der Waals surface area contributed by atoms with Gasteiger partial charge in [0.25, 0.3) is 0 Å². The summed E-state index contributed by atoms with van der Waals surface area (Å²) >= 11 is 0. The summed E-state index contributed by atoms with van der Waals surface area (Å²) in [6, 6.07) is 0.725. The molecule has 0 amide bonds. The Hall–Kier alpha value is -0.120. The fourth-order valence-electron chi connectivity index (χ4n) is 4.04. The Balaban J connectivity index is 0.00000225. The third-order valence-electron chi connectivity index (χ3n) is 5.46. The second-order valence-electron chi connectivity index (χ2n) is 7.14. The lowest BCUT2D eigenvalue weighted by atomic mass is 10.1. The van der Waals surface area contributed by atoms with Crippen LogP contribution in [0, 0.1) is 0 Å². The fourth-order valence-corrected chi connectivity index (χ4v) is 4.04. The maximum Gasteiger partial charge on any atom is 0.193 e. The molecule has 146 valence electrons. The second kappa shape index (κ2) is 11.6. The summed E-state index contributed by atoms with van der Waals surface area (Å²) < 4.78 is 11.3. The molecule has 3 aliphatic heterocycles. The number of nitrogens with zero attached hydrogens (tertiary/aromatic N) is 3. The Kier molecular flexibility index (Phi) is 9.80. The maximum absolute atomic E-state index is 5.93. The van der Waals surface area contributed by atoms with E-state index in [-0.39, 0.29) is 24.0 Å². The van der Waals surface area contributed by atoms with Crippen LogP contribution in [-0.2, 0) is 9.47 Å². The van der Waals surface area contributed by atoms with Crippen LogP contribution in [0.15, 0.2) is 4.99 Å². The highest BCUT2D eigenvalue weighted by atomic mass is 127. The molecule has 0 saturated carbocycles. The monoisotopic (exact) mass is 466 g/mol. The van der Waals surface area contributed by atoms with Crippen molar-refractivity contribution in [1.82, 2.24) is 15.1 Å². The molecule has 0 spiro atoms. The highest BCUT2D eigenvalue weighted by Gasteiger charge is 2.30. The largest absolute Gasteiger partial charge is 0.381 e. The Morgan fingerprint density at radius 3 is 2.64 bits per heavy atom. The van der Waals surface area contributed by atoms with Crippen molar-refractivity contribution >= 4 is 29.9 Å². The van der Waals surface area contributed by atoms with Crippen molar-refractivity contribution in [3.63, 3.8) is 0 Å². The van der Waals surface area contributed by atoms with Gasteiger partial charge in [0.15, 0.2) is 5.96 Å². The summed E-state index contributed by atoms with van der Waals surface area (Å²) in [5, 5.41) is 3.51. The third kappa shape index (κ3) is 6.52. The molecule has 3 fully saturated rings. The van der Waals surface area contributed by atoms with Gasteiger partial charge in [-0.05, 0) is 51.6 Å². The molecule has 1 unspecified atom stereocenters. The second-order valence-corrected chi connectivity index (χ2v) is 7.14. The van der Waals surface area contributed by atoms with Crippen LogP contribution in [0.1, 0.15) is 38.5 Å². The highest BCUT2D eigenvalue weighted by Crippen LogP contribution is 2.20. The molecule has 0 aromatic carbocycles. The number of rotatable bonds is 6. The number of likely N-dealkylation sites (tertiary alicyclic amines) is 2. The molecule has 0 aromatic heterocycles. The minimum Gasteiger partial charge on any atom is -0.381 e.